The topological polar surface area (TPSA) is 87.2 Å². The predicted molar refractivity (Wildman–Crippen MR) is 133 cm³/mol. The summed E-state index contributed by atoms with van der Waals surface area (Å²) in [6.45, 7) is 0. The van der Waals surface area contributed by atoms with Crippen molar-refractivity contribution < 1.29 is 57.2 Å². The van der Waals surface area contributed by atoms with Crippen molar-refractivity contribution in [2.75, 3.05) is 0 Å². The normalized spacial score (nSPS) is 9.70. The zero-order chi connectivity index (χ0) is 28.4. The van der Waals surface area contributed by atoms with Gasteiger partial charge in [-0.1, -0.05) is 42.0 Å². The largest absolute Gasteiger partial charge is 3.00 e. The minimum absolute atomic E-state index is 0. The van der Waals surface area contributed by atoms with E-state index in [1.54, 1.807) is 48.8 Å². The number of halogens is 4. The van der Waals surface area contributed by atoms with E-state index in [0.29, 0.717) is 11.4 Å². The van der Waals surface area contributed by atoms with E-state index in [4.69, 9.17) is 10.2 Å². The number of pyridine rings is 3. The van der Waals surface area contributed by atoms with Crippen molar-refractivity contribution in [1.82, 2.24) is 9.97 Å². The Kier molecular flexibility index (Phi) is 11.9. The fourth-order valence-corrected chi connectivity index (χ4v) is 3.03. The number of hydrogen-bond donors (Lipinski definition) is 2. The van der Waals surface area contributed by atoms with E-state index in [2.05, 4.69) is 29.1 Å². The molecule has 204 valence electrons. The molecule has 0 fully saturated rings. The minimum Gasteiger partial charge on any atom is -0.508 e. The van der Waals surface area contributed by atoms with Gasteiger partial charge in [-0.25, -0.2) is 9.78 Å². The average Bonchev–Trinajstić information content (AvgIpc) is 2.91. The van der Waals surface area contributed by atoms with Crippen LogP contribution in [-0.4, -0.2) is 26.2 Å². The summed E-state index contributed by atoms with van der Waals surface area (Å²) in [6.07, 6.45) is 4.47. The van der Waals surface area contributed by atoms with Gasteiger partial charge in [0.15, 0.2) is 5.69 Å². The van der Waals surface area contributed by atoms with E-state index >= 15 is 0 Å². The first kappa shape index (κ1) is 31.6. The number of aromatic nitrogens is 3. The molecule has 0 saturated carbocycles. The summed E-state index contributed by atoms with van der Waals surface area (Å²) in [6, 6.07) is 21.6. The van der Waals surface area contributed by atoms with Crippen molar-refractivity contribution in [3.8, 4) is 28.3 Å². The Morgan fingerprint density at radius 2 is 1.45 bits per heavy atom. The Labute approximate surface area is 240 Å². The zero-order valence-corrected chi connectivity index (χ0v) is 22.8. The van der Waals surface area contributed by atoms with Gasteiger partial charge in [-0.2, -0.15) is 0 Å². The maximum Gasteiger partial charge on any atom is 3.00 e. The molecule has 40 heavy (non-hydrogen) atoms. The first-order valence-corrected chi connectivity index (χ1v) is 11.0. The third kappa shape index (κ3) is 9.00. The second-order valence-electron chi connectivity index (χ2n) is 7.56. The van der Waals surface area contributed by atoms with Gasteiger partial charge in [0.2, 0.25) is 0 Å². The van der Waals surface area contributed by atoms with Crippen molar-refractivity contribution >= 4 is 5.97 Å². The summed E-state index contributed by atoms with van der Waals surface area (Å²) in [5.41, 5.74) is 1.25. The van der Waals surface area contributed by atoms with E-state index in [0.717, 1.165) is 30.3 Å². The molecular formula is C29H19F4IrN3O3+. The molecule has 5 aromatic rings. The molecule has 11 heteroatoms. The molecule has 0 saturated heterocycles. The molecule has 2 N–H and O–H groups in total. The van der Waals surface area contributed by atoms with Gasteiger partial charge in [0, 0.05) is 48.8 Å². The van der Waals surface area contributed by atoms with Crippen molar-refractivity contribution in [3.05, 3.63) is 140 Å². The maximum absolute atomic E-state index is 13.4. The summed E-state index contributed by atoms with van der Waals surface area (Å²) in [5, 5.41) is 17.1. The Hall–Kier alpha value is -4.60. The van der Waals surface area contributed by atoms with E-state index in [9.17, 15) is 22.4 Å². The molecule has 6 nitrogen and oxygen atoms in total. The Morgan fingerprint density at radius 3 is 1.95 bits per heavy atom. The van der Waals surface area contributed by atoms with Crippen LogP contribution < -0.4 is 4.57 Å². The average molecular weight is 726 g/mol. The van der Waals surface area contributed by atoms with Crippen molar-refractivity contribution in [2.24, 2.45) is 0 Å². The summed E-state index contributed by atoms with van der Waals surface area (Å²) in [7, 11) is 3.70. The number of aromatic hydroxyl groups is 1. The smallest absolute Gasteiger partial charge is 0.508 e. The maximum atomic E-state index is 13.4. The molecular weight excluding hydrogens is 707 g/mol. The Morgan fingerprint density at radius 1 is 0.825 bits per heavy atom. The quantitative estimate of drug-likeness (QED) is 0.142. The second-order valence-corrected chi connectivity index (χ2v) is 7.56. The van der Waals surface area contributed by atoms with Crippen LogP contribution in [0.5, 0.6) is 5.75 Å². The predicted octanol–water partition coefficient (Wildman–Crippen LogP) is 5.67. The first-order chi connectivity index (χ1) is 18.7. The number of carboxylic acid groups (broad SMARTS) is 1. The summed E-state index contributed by atoms with van der Waals surface area (Å²) >= 11 is 0. The summed E-state index contributed by atoms with van der Waals surface area (Å²) in [5.74, 6) is -3.80. The molecule has 0 radical (unpaired) electrons. The first-order valence-electron chi connectivity index (χ1n) is 11.0. The van der Waals surface area contributed by atoms with Gasteiger partial charge in [-0.3, -0.25) is 17.6 Å². The van der Waals surface area contributed by atoms with Gasteiger partial charge in [-0.15, -0.1) is 24.3 Å². The third-order valence-corrected chi connectivity index (χ3v) is 4.80. The van der Waals surface area contributed by atoms with E-state index < -0.39 is 29.2 Å². The van der Waals surface area contributed by atoms with Crippen LogP contribution >= 0.6 is 0 Å². The Balaban J connectivity index is 0.000000212. The molecule has 5 rings (SSSR count). The number of carboxylic acids is 1. The second kappa shape index (κ2) is 15.1. The molecule has 0 amide bonds. The molecule has 0 atom stereocenters. The van der Waals surface area contributed by atoms with E-state index in [-0.39, 0.29) is 42.7 Å². The molecule has 0 aliphatic rings. The van der Waals surface area contributed by atoms with Crippen LogP contribution in [0.4, 0.5) is 17.6 Å². The number of benzene rings is 2. The zero-order valence-electron chi connectivity index (χ0n) is 20.4. The van der Waals surface area contributed by atoms with Crippen molar-refractivity contribution in [2.45, 2.75) is 0 Å². The molecule has 0 spiro atoms. The Bertz CT molecular complexity index is 1570. The molecule has 3 heterocycles. The van der Waals surface area contributed by atoms with Crippen molar-refractivity contribution in [1.29, 1.82) is 0 Å². The van der Waals surface area contributed by atoms with Gasteiger partial charge >= 0.3 is 26.1 Å². The van der Waals surface area contributed by atoms with Crippen LogP contribution in [0.15, 0.2) is 91.4 Å². The third-order valence-electron chi connectivity index (χ3n) is 4.80. The molecule has 0 bridgehead atoms. The molecule has 2 aromatic carbocycles. The fourth-order valence-electron chi connectivity index (χ4n) is 3.03. The van der Waals surface area contributed by atoms with Gasteiger partial charge in [-0.05, 0) is 29.5 Å². The van der Waals surface area contributed by atoms with Gasteiger partial charge < -0.3 is 19.8 Å². The standard InChI is InChI=1S/C12H8F2N.C11H6F2N.C6H5NO3.Ir/c1-15-7-3-2-4-12(15)10-6-5-9(13)8-11(10)14;12-8-4-5-9(10(13)7-8)11-3-1-2-6-14-11;8-4-1-2-7-5(3-4)6(9)10;/h2-5,7-8H,1H2;1-4,6-7H;1-3H,(H,7,8)(H,9,10);/q2*-1;;+3. The number of rotatable bonds is 3. The van der Waals surface area contributed by atoms with Crippen LogP contribution in [0, 0.1) is 42.4 Å². The molecule has 0 aliphatic carbocycles. The SMILES string of the molecule is Fc1c[c-]c(-c2ccccn2)c(F)c1.O=C(O)c1cc(O)ccn1.[CH2-][n+]1ccccc1-c1[c-]cc(F)cc1F.[Ir+3]. The van der Waals surface area contributed by atoms with Gasteiger partial charge in [0.05, 0.1) is 6.20 Å². The fraction of sp³-hybridized carbons (Fsp3) is 0. The van der Waals surface area contributed by atoms with Crippen LogP contribution in [0.2, 0.25) is 0 Å². The number of nitrogens with zero attached hydrogens (tertiary/aromatic N) is 3. The summed E-state index contributed by atoms with van der Waals surface area (Å²) < 4.78 is 53.4. The van der Waals surface area contributed by atoms with E-state index in [1.807, 2.05) is 0 Å². The summed E-state index contributed by atoms with van der Waals surface area (Å²) in [4.78, 5) is 17.6. The number of carbonyl (C=O) groups is 1. The van der Waals surface area contributed by atoms with E-state index in [1.165, 1.54) is 16.8 Å². The monoisotopic (exact) mass is 726 g/mol. The van der Waals surface area contributed by atoms with Gasteiger partial charge in [0.1, 0.15) is 11.4 Å². The molecule has 0 unspecified atom stereocenters. The van der Waals surface area contributed by atoms with Crippen molar-refractivity contribution in [3.63, 3.8) is 0 Å². The minimum atomic E-state index is -1.14. The molecule has 3 aromatic heterocycles. The number of hydrogen-bond acceptors (Lipinski definition) is 4. The number of aromatic carboxylic acids is 1. The van der Waals surface area contributed by atoms with Crippen LogP contribution in [-0.2, 0) is 20.1 Å². The van der Waals surface area contributed by atoms with Crippen LogP contribution in [0.1, 0.15) is 10.5 Å². The molecule has 0 aliphatic heterocycles. The van der Waals surface area contributed by atoms with Crippen LogP contribution in [0.25, 0.3) is 22.5 Å². The van der Waals surface area contributed by atoms with Crippen LogP contribution in [0.3, 0.4) is 0 Å². The van der Waals surface area contributed by atoms with Gasteiger partial charge in [0.25, 0.3) is 0 Å².